The van der Waals surface area contributed by atoms with E-state index in [1.54, 1.807) is 0 Å². The number of halogens is 5. The van der Waals surface area contributed by atoms with Crippen LogP contribution in [0, 0.1) is 29.1 Å². The van der Waals surface area contributed by atoms with E-state index < -0.39 is 47.2 Å². The number of unbranched alkanes of at least 4 members (excludes halogenated alkanes) is 3. The minimum absolute atomic E-state index is 0.111. The number of carbonyl (C=O) groups is 2. The third kappa shape index (κ3) is 7.15. The fourth-order valence-electron chi connectivity index (χ4n) is 2.12. The van der Waals surface area contributed by atoms with Gasteiger partial charge in [0, 0.05) is 12.8 Å². The topological polar surface area (TPSA) is 52.6 Å². The molecule has 0 fully saturated rings. The van der Waals surface area contributed by atoms with Crippen LogP contribution in [-0.4, -0.2) is 18.5 Å². The molecule has 152 valence electrons. The summed E-state index contributed by atoms with van der Waals surface area (Å²) in [6.07, 6.45) is 3.17. The summed E-state index contributed by atoms with van der Waals surface area (Å²) in [6, 6.07) is 0. The second-order valence-corrected chi connectivity index (χ2v) is 5.84. The Morgan fingerprint density at radius 3 is 1.70 bits per heavy atom. The van der Waals surface area contributed by atoms with Crippen molar-refractivity contribution in [3.63, 3.8) is 0 Å². The zero-order valence-electron chi connectivity index (χ0n) is 14.9. The van der Waals surface area contributed by atoms with E-state index in [1.165, 1.54) is 0 Å². The van der Waals surface area contributed by atoms with E-state index in [4.69, 9.17) is 4.74 Å². The number of hydrogen-bond acceptors (Lipinski definition) is 4. The third-order valence-corrected chi connectivity index (χ3v) is 3.70. The van der Waals surface area contributed by atoms with Crippen molar-refractivity contribution in [2.45, 2.75) is 58.5 Å². The van der Waals surface area contributed by atoms with Gasteiger partial charge in [-0.05, 0) is 19.3 Å². The molecular formula is C18H21F5O4. The molecule has 9 heteroatoms. The minimum atomic E-state index is -2.27. The Labute approximate surface area is 153 Å². The molecule has 1 aromatic carbocycles. The van der Waals surface area contributed by atoms with Crippen molar-refractivity contribution < 1.29 is 41.0 Å². The van der Waals surface area contributed by atoms with Crippen molar-refractivity contribution in [1.82, 2.24) is 0 Å². The highest BCUT2D eigenvalue weighted by Gasteiger charge is 2.26. The number of ether oxygens (including phenoxy) is 2. The van der Waals surface area contributed by atoms with Gasteiger partial charge < -0.3 is 9.47 Å². The molecule has 0 atom stereocenters. The Bertz CT molecular complexity index is 635. The van der Waals surface area contributed by atoms with Gasteiger partial charge in [0.1, 0.15) is 6.61 Å². The highest BCUT2D eigenvalue weighted by atomic mass is 19.2. The van der Waals surface area contributed by atoms with Gasteiger partial charge in [-0.3, -0.25) is 9.59 Å². The van der Waals surface area contributed by atoms with Gasteiger partial charge >= 0.3 is 11.9 Å². The highest BCUT2D eigenvalue weighted by molar-refractivity contribution is 5.70. The quantitative estimate of drug-likeness (QED) is 0.179. The Morgan fingerprint density at radius 2 is 1.19 bits per heavy atom. The standard InChI is InChI=1S/C18H21F5O4/c1-2-3-9-26-12(24)7-5-4-6-8-13(25)27-10-11-14(19)16(21)18(23)17(22)15(11)20/h2-10H2,1H3. The maximum absolute atomic E-state index is 13.4. The van der Waals surface area contributed by atoms with Gasteiger partial charge in [0.05, 0.1) is 12.2 Å². The van der Waals surface area contributed by atoms with Crippen LogP contribution in [-0.2, 0) is 25.7 Å². The van der Waals surface area contributed by atoms with E-state index in [1.807, 2.05) is 6.92 Å². The lowest BCUT2D eigenvalue weighted by molar-refractivity contribution is -0.145. The van der Waals surface area contributed by atoms with Gasteiger partial charge in [-0.15, -0.1) is 0 Å². The first kappa shape index (κ1) is 22.9. The zero-order valence-corrected chi connectivity index (χ0v) is 14.9. The first-order valence-electron chi connectivity index (χ1n) is 8.61. The summed E-state index contributed by atoms with van der Waals surface area (Å²) in [6.45, 7) is 1.28. The molecule has 0 aliphatic heterocycles. The SMILES string of the molecule is CCCCOC(=O)CCCCCC(=O)OCc1c(F)c(F)c(F)c(F)c1F. The van der Waals surface area contributed by atoms with Crippen LogP contribution in [0.1, 0.15) is 57.4 Å². The Balaban J connectivity index is 2.32. The van der Waals surface area contributed by atoms with Gasteiger partial charge in [0.15, 0.2) is 23.3 Å². The predicted molar refractivity (Wildman–Crippen MR) is 85.0 cm³/mol. The maximum atomic E-state index is 13.4. The lowest BCUT2D eigenvalue weighted by Crippen LogP contribution is -2.11. The van der Waals surface area contributed by atoms with Crippen LogP contribution in [0.25, 0.3) is 0 Å². The Kier molecular flexibility index (Phi) is 9.74. The first-order chi connectivity index (χ1) is 12.8. The van der Waals surface area contributed by atoms with E-state index in [9.17, 15) is 31.5 Å². The second kappa shape index (κ2) is 11.5. The number of rotatable bonds is 11. The van der Waals surface area contributed by atoms with Crippen molar-refractivity contribution in [2.75, 3.05) is 6.61 Å². The molecule has 0 unspecified atom stereocenters. The lowest BCUT2D eigenvalue weighted by Gasteiger charge is -2.09. The summed E-state index contributed by atoms with van der Waals surface area (Å²) in [4.78, 5) is 22.9. The number of esters is 2. The number of hydrogen-bond donors (Lipinski definition) is 0. The monoisotopic (exact) mass is 396 g/mol. The zero-order chi connectivity index (χ0) is 20.4. The van der Waals surface area contributed by atoms with Gasteiger partial charge in [-0.25, -0.2) is 22.0 Å². The minimum Gasteiger partial charge on any atom is -0.466 e. The molecule has 0 heterocycles. The summed E-state index contributed by atoms with van der Waals surface area (Å²) >= 11 is 0. The molecule has 0 saturated carbocycles. The molecular weight excluding hydrogens is 375 g/mol. The van der Waals surface area contributed by atoms with Crippen LogP contribution in [0.4, 0.5) is 22.0 Å². The molecule has 0 N–H and O–H groups in total. The van der Waals surface area contributed by atoms with Gasteiger partial charge in [-0.1, -0.05) is 19.8 Å². The second-order valence-electron chi connectivity index (χ2n) is 5.84. The molecule has 0 amide bonds. The van der Waals surface area contributed by atoms with Crippen molar-refractivity contribution in [3.05, 3.63) is 34.6 Å². The molecule has 0 aromatic heterocycles. The van der Waals surface area contributed by atoms with Gasteiger partial charge in [0.2, 0.25) is 5.82 Å². The lowest BCUT2D eigenvalue weighted by atomic mass is 10.1. The molecule has 0 spiro atoms. The normalized spacial score (nSPS) is 10.7. The first-order valence-corrected chi connectivity index (χ1v) is 8.61. The van der Waals surface area contributed by atoms with Crippen molar-refractivity contribution in [1.29, 1.82) is 0 Å². The average molecular weight is 396 g/mol. The molecule has 1 aromatic rings. The Hall–Kier alpha value is -2.19. The molecule has 0 radical (unpaired) electrons. The number of carbonyl (C=O) groups excluding carboxylic acids is 2. The molecule has 0 bridgehead atoms. The van der Waals surface area contributed by atoms with E-state index >= 15 is 0 Å². The van der Waals surface area contributed by atoms with Crippen LogP contribution in [0.15, 0.2) is 0 Å². The fraction of sp³-hybridized carbons (Fsp3) is 0.556. The fourth-order valence-corrected chi connectivity index (χ4v) is 2.12. The summed E-state index contributed by atoms with van der Waals surface area (Å²) in [5.41, 5.74) is -1.20. The van der Waals surface area contributed by atoms with Crippen molar-refractivity contribution in [3.8, 4) is 0 Å². The van der Waals surface area contributed by atoms with E-state index in [0.717, 1.165) is 12.8 Å². The van der Waals surface area contributed by atoms with Crippen LogP contribution in [0.3, 0.4) is 0 Å². The van der Waals surface area contributed by atoms with E-state index in [0.29, 0.717) is 25.9 Å². The summed E-state index contributed by atoms with van der Waals surface area (Å²) < 4.78 is 75.4. The van der Waals surface area contributed by atoms with Crippen LogP contribution in [0.2, 0.25) is 0 Å². The van der Waals surface area contributed by atoms with Crippen LogP contribution < -0.4 is 0 Å². The Morgan fingerprint density at radius 1 is 0.704 bits per heavy atom. The molecule has 27 heavy (non-hydrogen) atoms. The molecule has 0 aliphatic rings. The highest BCUT2D eigenvalue weighted by Crippen LogP contribution is 2.23. The summed E-state index contributed by atoms with van der Waals surface area (Å²) in [7, 11) is 0. The van der Waals surface area contributed by atoms with E-state index in [-0.39, 0.29) is 18.8 Å². The summed E-state index contributed by atoms with van der Waals surface area (Å²) in [5, 5.41) is 0. The van der Waals surface area contributed by atoms with Crippen molar-refractivity contribution in [2.24, 2.45) is 0 Å². The maximum Gasteiger partial charge on any atom is 0.306 e. The van der Waals surface area contributed by atoms with Crippen LogP contribution >= 0.6 is 0 Å². The third-order valence-electron chi connectivity index (χ3n) is 3.70. The molecule has 1 rings (SSSR count). The van der Waals surface area contributed by atoms with Crippen LogP contribution in [0.5, 0.6) is 0 Å². The predicted octanol–water partition coefficient (Wildman–Crippen LogP) is 4.72. The van der Waals surface area contributed by atoms with Gasteiger partial charge in [-0.2, -0.15) is 0 Å². The van der Waals surface area contributed by atoms with Crippen molar-refractivity contribution >= 4 is 11.9 Å². The summed E-state index contributed by atoms with van der Waals surface area (Å²) in [5.74, 6) is -11.7. The van der Waals surface area contributed by atoms with Gasteiger partial charge in [0.25, 0.3) is 0 Å². The molecule has 0 aliphatic carbocycles. The van der Waals surface area contributed by atoms with E-state index in [2.05, 4.69) is 4.74 Å². The smallest absolute Gasteiger partial charge is 0.306 e. The molecule has 4 nitrogen and oxygen atoms in total. The largest absolute Gasteiger partial charge is 0.466 e. The average Bonchev–Trinajstić information content (AvgIpc) is 2.64. The number of benzene rings is 1. The molecule has 0 saturated heterocycles.